The summed E-state index contributed by atoms with van der Waals surface area (Å²) in [4.78, 5) is 34.8. The number of hydrogen-bond donors (Lipinski definition) is 1. The number of ether oxygens (including phenoxy) is 3. The highest BCUT2D eigenvalue weighted by molar-refractivity contribution is 6.30. The monoisotopic (exact) mass is 732 g/mol. The highest BCUT2D eigenvalue weighted by atomic mass is 35.5. The molecule has 0 bridgehead atoms. The lowest BCUT2D eigenvalue weighted by molar-refractivity contribution is 0.0528. The van der Waals surface area contributed by atoms with Gasteiger partial charge in [-0.2, -0.15) is 0 Å². The smallest absolute Gasteiger partial charge is 0.410 e. The van der Waals surface area contributed by atoms with Crippen molar-refractivity contribution < 1.29 is 23.8 Å². The maximum Gasteiger partial charge on any atom is 0.424 e. The van der Waals surface area contributed by atoms with E-state index in [0.29, 0.717) is 40.7 Å². The van der Waals surface area contributed by atoms with Gasteiger partial charge in [0.2, 0.25) is 0 Å². The molecule has 7 rings (SSSR count). The number of amides is 1. The van der Waals surface area contributed by atoms with Crippen molar-refractivity contribution >= 4 is 35.3 Å². The van der Waals surface area contributed by atoms with E-state index in [1.165, 1.54) is 28.3 Å². The van der Waals surface area contributed by atoms with Crippen LogP contribution in [0, 0.1) is 0 Å². The number of imidazole rings is 2. The third kappa shape index (κ3) is 11.2. The second-order valence-corrected chi connectivity index (χ2v) is 12.8. The minimum atomic E-state index is -0.506. The molecule has 4 heterocycles. The zero-order valence-corrected chi connectivity index (χ0v) is 30.2. The van der Waals surface area contributed by atoms with Crippen molar-refractivity contribution in [2.45, 2.75) is 37.8 Å². The topological polar surface area (TPSA) is 113 Å². The highest BCUT2D eigenvalue weighted by Crippen LogP contribution is 2.22. The number of carbonyl (C=O) groups excluding carboxylic acids is 2. The van der Waals surface area contributed by atoms with Crippen LogP contribution < -0.4 is 10.1 Å². The number of benzene rings is 3. The zero-order valence-electron chi connectivity index (χ0n) is 28.7. The maximum absolute atomic E-state index is 12.5. The number of halogens is 2. The first-order valence-corrected chi connectivity index (χ1v) is 17.5. The Labute approximate surface area is 308 Å². The number of nitrogens with zero attached hydrogens (tertiary/aromatic N) is 5. The fraction of sp³-hybridized carbons (Fsp3) is 0.316. The molecular formula is C38H42Cl2N6O5. The number of hydrogen-bond acceptors (Lipinski definition) is 8. The van der Waals surface area contributed by atoms with E-state index in [-0.39, 0.29) is 12.1 Å². The Hall–Kier alpha value is -4.52. The van der Waals surface area contributed by atoms with Crippen LogP contribution in [0.25, 0.3) is 22.5 Å². The van der Waals surface area contributed by atoms with E-state index in [0.717, 1.165) is 42.9 Å². The first-order valence-electron chi connectivity index (χ1n) is 16.8. The van der Waals surface area contributed by atoms with Gasteiger partial charge in [-0.15, -0.1) is 0 Å². The molecule has 0 unspecified atom stereocenters. The molecule has 13 heteroatoms. The molecule has 2 fully saturated rings. The third-order valence-electron chi connectivity index (χ3n) is 8.50. The molecule has 268 valence electrons. The van der Waals surface area contributed by atoms with Crippen LogP contribution in [-0.4, -0.2) is 88.7 Å². The standard InChI is InChI=1S/C16H18ClN3O2.C16H11ClN2O2.C6H13NO/c1-19(14-6-8-22-9-7-14)16(21)20-10-15(18-11-20)12-2-4-13(17)5-3-12;17-13-8-6-12(7-9-13)15-10-19(11-18-15)16(20)21-14-4-2-1-3-5-14;1-7-6-2-4-8-5-3-6/h2-5,10-11,14H,6-9H2,1H3;1-11H;6-7H,2-5H2,1H3. The molecule has 2 saturated heterocycles. The average molecular weight is 734 g/mol. The van der Waals surface area contributed by atoms with Crippen molar-refractivity contribution in [2.24, 2.45) is 0 Å². The molecule has 5 aromatic rings. The van der Waals surface area contributed by atoms with E-state index >= 15 is 0 Å². The lowest BCUT2D eigenvalue weighted by atomic mass is 10.1. The summed E-state index contributed by atoms with van der Waals surface area (Å²) in [5.74, 6) is 0.490. The molecule has 0 radical (unpaired) electrons. The number of aromatic nitrogens is 4. The molecule has 2 aliphatic rings. The van der Waals surface area contributed by atoms with E-state index in [2.05, 4.69) is 15.3 Å². The lowest BCUT2D eigenvalue weighted by Gasteiger charge is -2.30. The van der Waals surface area contributed by atoms with Crippen molar-refractivity contribution in [1.29, 1.82) is 0 Å². The summed E-state index contributed by atoms with van der Waals surface area (Å²) in [5.41, 5.74) is 3.25. The molecule has 2 aromatic heterocycles. The minimum absolute atomic E-state index is 0.0698. The Balaban J connectivity index is 0.000000163. The van der Waals surface area contributed by atoms with Crippen LogP contribution in [0.1, 0.15) is 25.7 Å². The van der Waals surface area contributed by atoms with Crippen molar-refractivity contribution in [1.82, 2.24) is 29.3 Å². The van der Waals surface area contributed by atoms with Gasteiger partial charge in [0.15, 0.2) is 0 Å². The normalized spacial score (nSPS) is 14.7. The molecular weight excluding hydrogens is 691 g/mol. The van der Waals surface area contributed by atoms with Crippen molar-refractivity contribution in [3.05, 3.63) is 114 Å². The molecule has 0 atom stereocenters. The largest absolute Gasteiger partial charge is 0.424 e. The Morgan fingerprint density at radius 2 is 1.24 bits per heavy atom. The summed E-state index contributed by atoms with van der Waals surface area (Å²) in [5, 5.41) is 4.56. The first-order chi connectivity index (χ1) is 24.8. The van der Waals surface area contributed by atoms with Gasteiger partial charge in [0.1, 0.15) is 18.4 Å². The zero-order chi connectivity index (χ0) is 36.0. The summed E-state index contributed by atoms with van der Waals surface area (Å²) in [6, 6.07) is 24.4. The number of para-hydroxylation sites is 1. The van der Waals surface area contributed by atoms with Crippen molar-refractivity contribution in [3.63, 3.8) is 0 Å². The van der Waals surface area contributed by atoms with Gasteiger partial charge in [-0.1, -0.05) is 65.7 Å². The van der Waals surface area contributed by atoms with Crippen LogP contribution in [0.2, 0.25) is 10.0 Å². The first kappa shape index (κ1) is 37.7. The Kier molecular flexibility index (Phi) is 14.2. The van der Waals surface area contributed by atoms with Crippen LogP contribution in [0.15, 0.2) is 104 Å². The van der Waals surface area contributed by atoms with Gasteiger partial charge in [-0.05, 0) is 69.1 Å². The second-order valence-electron chi connectivity index (χ2n) is 11.9. The highest BCUT2D eigenvalue weighted by Gasteiger charge is 2.23. The van der Waals surface area contributed by atoms with Crippen LogP contribution in [-0.2, 0) is 9.47 Å². The van der Waals surface area contributed by atoms with Crippen LogP contribution in [0.4, 0.5) is 9.59 Å². The van der Waals surface area contributed by atoms with E-state index in [1.807, 2.05) is 56.6 Å². The van der Waals surface area contributed by atoms with E-state index < -0.39 is 6.09 Å². The molecule has 3 aromatic carbocycles. The average Bonchev–Trinajstić information content (AvgIpc) is 3.88. The Morgan fingerprint density at radius 1 is 0.745 bits per heavy atom. The molecule has 0 spiro atoms. The lowest BCUT2D eigenvalue weighted by Crippen LogP contribution is -2.42. The van der Waals surface area contributed by atoms with Crippen LogP contribution >= 0.6 is 23.2 Å². The predicted molar refractivity (Wildman–Crippen MR) is 199 cm³/mol. The van der Waals surface area contributed by atoms with E-state index in [1.54, 1.807) is 60.0 Å². The number of rotatable bonds is 5. The van der Waals surface area contributed by atoms with Crippen molar-refractivity contribution in [3.8, 4) is 28.3 Å². The van der Waals surface area contributed by atoms with Gasteiger partial charge < -0.3 is 24.4 Å². The molecule has 1 amide bonds. The van der Waals surface area contributed by atoms with Gasteiger partial charge in [-0.25, -0.2) is 24.1 Å². The van der Waals surface area contributed by atoms with E-state index in [4.69, 9.17) is 37.4 Å². The number of nitrogens with one attached hydrogen (secondary N) is 1. The summed E-state index contributed by atoms with van der Waals surface area (Å²) < 4.78 is 18.6. The van der Waals surface area contributed by atoms with Crippen LogP contribution in [0.3, 0.4) is 0 Å². The fourth-order valence-electron chi connectivity index (χ4n) is 5.43. The molecule has 2 aliphatic heterocycles. The summed E-state index contributed by atoms with van der Waals surface area (Å²) in [6.07, 6.45) is 9.95. The SMILES string of the molecule is CN(C(=O)n1cnc(-c2ccc(Cl)cc2)c1)C1CCOCC1.CNC1CCOCC1.O=C(Oc1ccccc1)n1cnc(-c2ccc(Cl)cc2)c1. The second kappa shape index (κ2) is 19.2. The predicted octanol–water partition coefficient (Wildman–Crippen LogP) is 7.92. The van der Waals surface area contributed by atoms with Gasteiger partial charge in [0.05, 0.1) is 11.4 Å². The quantitative estimate of drug-likeness (QED) is 0.194. The van der Waals surface area contributed by atoms with Crippen molar-refractivity contribution in [2.75, 3.05) is 40.5 Å². The third-order valence-corrected chi connectivity index (χ3v) is 9.00. The summed E-state index contributed by atoms with van der Waals surface area (Å²) in [6.45, 7) is 3.29. The van der Waals surface area contributed by atoms with Gasteiger partial charge >= 0.3 is 12.1 Å². The Bertz CT molecular complexity index is 1800. The summed E-state index contributed by atoms with van der Waals surface area (Å²) >= 11 is 11.7. The molecule has 1 N–H and O–H groups in total. The maximum atomic E-state index is 12.5. The van der Waals surface area contributed by atoms with Gasteiger partial charge in [0, 0.05) is 79.1 Å². The van der Waals surface area contributed by atoms with Gasteiger partial charge in [-0.3, -0.25) is 4.57 Å². The van der Waals surface area contributed by atoms with Crippen LogP contribution in [0.5, 0.6) is 5.75 Å². The molecule has 51 heavy (non-hydrogen) atoms. The minimum Gasteiger partial charge on any atom is -0.410 e. The van der Waals surface area contributed by atoms with E-state index in [9.17, 15) is 9.59 Å². The Morgan fingerprint density at radius 3 is 1.75 bits per heavy atom. The molecule has 11 nitrogen and oxygen atoms in total. The fourth-order valence-corrected chi connectivity index (χ4v) is 5.68. The summed E-state index contributed by atoms with van der Waals surface area (Å²) in [7, 11) is 3.84. The molecule has 0 saturated carbocycles. The molecule has 0 aliphatic carbocycles. The van der Waals surface area contributed by atoms with Gasteiger partial charge in [0.25, 0.3) is 0 Å². The number of carbonyl (C=O) groups is 2.